The average Bonchev–Trinajstić information content (AvgIpc) is 2.92. The van der Waals surface area contributed by atoms with Gasteiger partial charge in [0.1, 0.15) is 5.75 Å². The zero-order valence-electron chi connectivity index (χ0n) is 11.1. The highest BCUT2D eigenvalue weighted by Gasteiger charge is 2.15. The van der Waals surface area contributed by atoms with Crippen molar-refractivity contribution in [3.05, 3.63) is 46.3 Å². The van der Waals surface area contributed by atoms with Crippen LogP contribution in [0.1, 0.15) is 16.1 Å². The molecule has 6 heteroatoms. The number of halogens is 1. The summed E-state index contributed by atoms with van der Waals surface area (Å²) >= 11 is 3.40. The third-order valence-corrected chi connectivity index (χ3v) is 3.24. The molecule has 1 aromatic heterocycles. The first-order chi connectivity index (χ1) is 9.65. The van der Waals surface area contributed by atoms with Gasteiger partial charge in [0.15, 0.2) is 0 Å². The molecule has 1 aromatic carbocycles. The molecule has 0 fully saturated rings. The van der Waals surface area contributed by atoms with Crippen LogP contribution in [-0.4, -0.2) is 20.2 Å². The molecule has 0 spiro atoms. The van der Waals surface area contributed by atoms with Gasteiger partial charge in [-0.25, -0.2) is 4.79 Å². The fraction of sp³-hybridized carbons (Fsp3) is 0.214. The molecule has 0 atom stereocenters. The van der Waals surface area contributed by atoms with E-state index in [2.05, 4.69) is 26.0 Å². The maximum absolute atomic E-state index is 11.5. The molecule has 0 radical (unpaired) electrons. The molecule has 1 N–H and O–H groups in total. The summed E-state index contributed by atoms with van der Waals surface area (Å²) in [7, 11) is 2.92. The molecule has 0 amide bonds. The first-order valence-electron chi connectivity index (χ1n) is 5.87. The number of benzene rings is 1. The number of anilines is 1. The molecule has 2 rings (SSSR count). The van der Waals surface area contributed by atoms with Gasteiger partial charge in [-0.2, -0.15) is 0 Å². The van der Waals surface area contributed by atoms with E-state index in [0.29, 0.717) is 6.54 Å². The minimum atomic E-state index is -0.493. The zero-order chi connectivity index (χ0) is 14.5. The molecule has 0 aliphatic carbocycles. The fourth-order valence-corrected chi connectivity index (χ4v) is 2.12. The Morgan fingerprint density at radius 1 is 1.35 bits per heavy atom. The summed E-state index contributed by atoms with van der Waals surface area (Å²) in [5.41, 5.74) is 1.54. The summed E-state index contributed by atoms with van der Waals surface area (Å²) in [5.74, 6) is 0.429. The normalized spacial score (nSPS) is 10.2. The van der Waals surface area contributed by atoms with E-state index in [1.807, 2.05) is 18.2 Å². The van der Waals surface area contributed by atoms with Gasteiger partial charge in [-0.15, -0.1) is 0 Å². The lowest BCUT2D eigenvalue weighted by molar-refractivity contribution is 0.0563. The van der Waals surface area contributed by atoms with Gasteiger partial charge in [-0.3, -0.25) is 0 Å². The SMILES string of the molecule is COC(=O)c1occc1CNc1cc(Br)ccc1OC. The second-order valence-electron chi connectivity index (χ2n) is 3.96. The van der Waals surface area contributed by atoms with E-state index in [9.17, 15) is 4.79 Å². The summed E-state index contributed by atoms with van der Waals surface area (Å²) in [6.45, 7) is 0.424. The molecule has 2 aromatic rings. The number of esters is 1. The molecule has 0 unspecified atom stereocenters. The maximum Gasteiger partial charge on any atom is 0.374 e. The van der Waals surface area contributed by atoms with Crippen LogP contribution in [0.2, 0.25) is 0 Å². The molecule has 20 heavy (non-hydrogen) atoms. The predicted molar refractivity (Wildman–Crippen MR) is 78.1 cm³/mol. The van der Waals surface area contributed by atoms with Crippen molar-refractivity contribution in [3.8, 4) is 5.75 Å². The van der Waals surface area contributed by atoms with Crippen molar-refractivity contribution in [1.82, 2.24) is 0 Å². The number of ether oxygens (including phenoxy) is 2. The first kappa shape index (κ1) is 14.5. The van der Waals surface area contributed by atoms with Crippen molar-refractivity contribution < 1.29 is 18.7 Å². The smallest absolute Gasteiger partial charge is 0.374 e. The molecule has 1 heterocycles. The van der Waals surface area contributed by atoms with Crippen molar-refractivity contribution in [1.29, 1.82) is 0 Å². The molecule has 0 aliphatic rings. The molecular weight excluding hydrogens is 326 g/mol. The Morgan fingerprint density at radius 2 is 2.15 bits per heavy atom. The second-order valence-corrected chi connectivity index (χ2v) is 4.88. The van der Waals surface area contributed by atoms with E-state index in [4.69, 9.17) is 9.15 Å². The number of hydrogen-bond acceptors (Lipinski definition) is 5. The first-order valence-corrected chi connectivity index (χ1v) is 6.67. The van der Waals surface area contributed by atoms with E-state index in [1.54, 1.807) is 13.2 Å². The van der Waals surface area contributed by atoms with Gasteiger partial charge < -0.3 is 19.2 Å². The number of hydrogen-bond donors (Lipinski definition) is 1. The van der Waals surface area contributed by atoms with E-state index in [1.165, 1.54) is 13.4 Å². The summed E-state index contributed by atoms with van der Waals surface area (Å²) < 4.78 is 16.0. The standard InChI is InChI=1S/C14H14BrNO4/c1-18-12-4-3-10(15)7-11(12)16-8-9-5-6-20-13(9)14(17)19-2/h3-7,16H,8H2,1-2H3. The van der Waals surface area contributed by atoms with Crippen molar-refractivity contribution in [3.63, 3.8) is 0 Å². The molecule has 0 saturated carbocycles. The monoisotopic (exact) mass is 339 g/mol. The van der Waals surface area contributed by atoms with Crippen LogP contribution in [0.15, 0.2) is 39.4 Å². The number of carbonyl (C=O) groups is 1. The van der Waals surface area contributed by atoms with Gasteiger partial charge in [0, 0.05) is 16.6 Å². The van der Waals surface area contributed by atoms with Crippen LogP contribution < -0.4 is 10.1 Å². The molecule has 5 nitrogen and oxygen atoms in total. The van der Waals surface area contributed by atoms with Crippen molar-refractivity contribution in [2.45, 2.75) is 6.54 Å². The Kier molecular flexibility index (Phi) is 4.68. The topological polar surface area (TPSA) is 60.7 Å². The molecule has 0 aliphatic heterocycles. The molecular formula is C14H14BrNO4. The highest BCUT2D eigenvalue weighted by Crippen LogP contribution is 2.28. The Balaban J connectivity index is 2.15. The minimum Gasteiger partial charge on any atom is -0.495 e. The molecule has 0 bridgehead atoms. The summed E-state index contributed by atoms with van der Waals surface area (Å²) in [5, 5.41) is 3.20. The van der Waals surface area contributed by atoms with Crippen molar-refractivity contribution in [2.24, 2.45) is 0 Å². The highest BCUT2D eigenvalue weighted by atomic mass is 79.9. The largest absolute Gasteiger partial charge is 0.495 e. The average molecular weight is 340 g/mol. The minimum absolute atomic E-state index is 0.203. The van der Waals surface area contributed by atoms with E-state index in [-0.39, 0.29) is 5.76 Å². The van der Waals surface area contributed by atoms with Crippen LogP contribution in [0.5, 0.6) is 5.75 Å². The van der Waals surface area contributed by atoms with Gasteiger partial charge in [-0.1, -0.05) is 15.9 Å². The third-order valence-electron chi connectivity index (χ3n) is 2.75. The Hall–Kier alpha value is -1.95. The molecule has 106 valence electrons. The van der Waals surface area contributed by atoms with E-state index >= 15 is 0 Å². The van der Waals surface area contributed by atoms with Crippen LogP contribution in [-0.2, 0) is 11.3 Å². The highest BCUT2D eigenvalue weighted by molar-refractivity contribution is 9.10. The lowest BCUT2D eigenvalue weighted by atomic mass is 10.2. The quantitative estimate of drug-likeness (QED) is 0.845. The van der Waals surface area contributed by atoms with Crippen LogP contribution in [0.25, 0.3) is 0 Å². The lowest BCUT2D eigenvalue weighted by Gasteiger charge is -2.11. The van der Waals surface area contributed by atoms with Gasteiger partial charge in [0.25, 0.3) is 0 Å². The van der Waals surface area contributed by atoms with Crippen LogP contribution in [0, 0.1) is 0 Å². The Bertz CT molecular complexity index is 609. The van der Waals surface area contributed by atoms with Crippen molar-refractivity contribution >= 4 is 27.6 Å². The summed E-state index contributed by atoms with van der Waals surface area (Å²) in [4.78, 5) is 11.5. The number of rotatable bonds is 5. The van der Waals surface area contributed by atoms with Gasteiger partial charge in [-0.05, 0) is 24.3 Å². The predicted octanol–water partition coefficient (Wildman–Crippen LogP) is 3.45. The van der Waals surface area contributed by atoms with Crippen molar-refractivity contribution in [2.75, 3.05) is 19.5 Å². The van der Waals surface area contributed by atoms with Gasteiger partial charge in [0.2, 0.25) is 5.76 Å². The van der Waals surface area contributed by atoms with E-state index in [0.717, 1.165) is 21.5 Å². The zero-order valence-corrected chi connectivity index (χ0v) is 12.7. The summed E-state index contributed by atoms with van der Waals surface area (Å²) in [6.07, 6.45) is 1.46. The molecule has 0 saturated heterocycles. The van der Waals surface area contributed by atoms with Crippen LogP contribution in [0.4, 0.5) is 5.69 Å². The van der Waals surface area contributed by atoms with Crippen LogP contribution in [0.3, 0.4) is 0 Å². The maximum atomic E-state index is 11.5. The number of nitrogens with one attached hydrogen (secondary N) is 1. The lowest BCUT2D eigenvalue weighted by Crippen LogP contribution is -2.07. The van der Waals surface area contributed by atoms with Gasteiger partial charge >= 0.3 is 5.97 Å². The van der Waals surface area contributed by atoms with E-state index < -0.39 is 5.97 Å². The van der Waals surface area contributed by atoms with Crippen LogP contribution >= 0.6 is 15.9 Å². The third kappa shape index (κ3) is 3.14. The Morgan fingerprint density at radius 3 is 2.85 bits per heavy atom. The van der Waals surface area contributed by atoms with Gasteiger partial charge in [0.05, 0.1) is 26.2 Å². The number of carbonyl (C=O) groups excluding carboxylic acids is 1. The second kappa shape index (κ2) is 6.47. The number of methoxy groups -OCH3 is 2. The Labute approximate surface area is 125 Å². The fourth-order valence-electron chi connectivity index (χ4n) is 1.76. The number of furan rings is 1. The summed E-state index contributed by atoms with van der Waals surface area (Å²) in [6, 6.07) is 7.37.